The van der Waals surface area contributed by atoms with Gasteiger partial charge < -0.3 is 15.0 Å². The highest BCUT2D eigenvalue weighted by atomic mass is 79.9. The molecule has 0 aliphatic carbocycles. The van der Waals surface area contributed by atoms with Crippen molar-refractivity contribution in [1.29, 1.82) is 0 Å². The summed E-state index contributed by atoms with van der Waals surface area (Å²) in [5.41, 5.74) is 0.269. The van der Waals surface area contributed by atoms with Crippen molar-refractivity contribution in [3.8, 4) is 0 Å². The van der Waals surface area contributed by atoms with Gasteiger partial charge in [-0.1, -0.05) is 39.3 Å². The lowest BCUT2D eigenvalue weighted by molar-refractivity contribution is -0.118. The van der Waals surface area contributed by atoms with Gasteiger partial charge >= 0.3 is 5.97 Å². The van der Waals surface area contributed by atoms with Gasteiger partial charge in [0.05, 0.1) is 11.1 Å². The van der Waals surface area contributed by atoms with E-state index in [1.54, 1.807) is 63.2 Å². The lowest BCUT2D eigenvalue weighted by Gasteiger charge is -2.21. The van der Waals surface area contributed by atoms with Crippen LogP contribution < -0.4 is 10.2 Å². The van der Waals surface area contributed by atoms with Gasteiger partial charge in [0.15, 0.2) is 0 Å². The predicted octanol–water partition coefficient (Wildman–Crippen LogP) is 6.88. The SMILES string of the molecule is CC(C)(C)OC(=O)c1cc(Br)cc(N2CCC(NC(=O)c3cc(F)ccc3Sc3ccc(Cl)cc3)C2=O)c1. The molecule has 1 N–H and O–H groups in total. The lowest BCUT2D eigenvalue weighted by atomic mass is 10.1. The summed E-state index contributed by atoms with van der Waals surface area (Å²) in [5, 5.41) is 3.34. The summed E-state index contributed by atoms with van der Waals surface area (Å²) < 4.78 is 20.2. The quantitative estimate of drug-likeness (QED) is 0.305. The summed E-state index contributed by atoms with van der Waals surface area (Å²) in [4.78, 5) is 41.9. The third kappa shape index (κ3) is 6.95. The number of ether oxygens (including phenoxy) is 1. The highest BCUT2D eigenvalue weighted by Crippen LogP contribution is 2.32. The van der Waals surface area contributed by atoms with E-state index in [1.807, 2.05) is 0 Å². The molecule has 38 heavy (non-hydrogen) atoms. The first-order valence-electron chi connectivity index (χ1n) is 11.8. The Morgan fingerprint density at radius 3 is 2.50 bits per heavy atom. The second kappa shape index (κ2) is 11.5. The fraction of sp³-hybridized carbons (Fsp3) is 0.250. The van der Waals surface area contributed by atoms with Crippen LogP contribution in [0.4, 0.5) is 10.1 Å². The Morgan fingerprint density at radius 1 is 1.11 bits per heavy atom. The van der Waals surface area contributed by atoms with Crippen LogP contribution in [0, 0.1) is 5.82 Å². The second-order valence-corrected chi connectivity index (χ2v) is 12.2. The lowest BCUT2D eigenvalue weighted by Crippen LogP contribution is -2.41. The van der Waals surface area contributed by atoms with E-state index in [9.17, 15) is 18.8 Å². The molecule has 1 heterocycles. The van der Waals surface area contributed by atoms with Gasteiger partial charge in [0.2, 0.25) is 5.91 Å². The summed E-state index contributed by atoms with van der Waals surface area (Å²) in [6.45, 7) is 5.67. The number of amides is 2. The molecule has 1 saturated heterocycles. The molecule has 0 saturated carbocycles. The van der Waals surface area contributed by atoms with Crippen molar-refractivity contribution in [2.45, 2.75) is 48.6 Å². The minimum Gasteiger partial charge on any atom is -0.456 e. The Kier molecular flexibility index (Phi) is 8.49. The smallest absolute Gasteiger partial charge is 0.338 e. The van der Waals surface area contributed by atoms with Crippen molar-refractivity contribution < 1.29 is 23.5 Å². The number of carbonyl (C=O) groups excluding carboxylic acids is 3. The van der Waals surface area contributed by atoms with Crippen molar-refractivity contribution in [3.05, 3.63) is 87.1 Å². The molecule has 2 amide bonds. The van der Waals surface area contributed by atoms with E-state index in [2.05, 4.69) is 21.2 Å². The van der Waals surface area contributed by atoms with Gasteiger partial charge in [0.1, 0.15) is 17.5 Å². The van der Waals surface area contributed by atoms with Gasteiger partial charge in [-0.3, -0.25) is 9.59 Å². The number of hydrogen-bond acceptors (Lipinski definition) is 5. The van der Waals surface area contributed by atoms with Crippen molar-refractivity contribution in [3.63, 3.8) is 0 Å². The molecule has 0 bridgehead atoms. The largest absolute Gasteiger partial charge is 0.456 e. The number of nitrogens with one attached hydrogen (secondary N) is 1. The average Bonchev–Trinajstić information content (AvgIpc) is 3.20. The van der Waals surface area contributed by atoms with E-state index in [1.165, 1.54) is 28.8 Å². The van der Waals surface area contributed by atoms with Crippen LogP contribution in [-0.4, -0.2) is 36.0 Å². The van der Waals surface area contributed by atoms with Gasteiger partial charge in [-0.25, -0.2) is 9.18 Å². The fourth-order valence-electron chi connectivity index (χ4n) is 3.89. The maximum atomic E-state index is 14.1. The fourth-order valence-corrected chi connectivity index (χ4v) is 5.42. The maximum Gasteiger partial charge on any atom is 0.338 e. The van der Waals surface area contributed by atoms with Crippen LogP contribution in [0.2, 0.25) is 5.02 Å². The molecule has 198 valence electrons. The summed E-state index contributed by atoms with van der Waals surface area (Å²) in [5.74, 6) is -1.94. The maximum absolute atomic E-state index is 14.1. The van der Waals surface area contributed by atoms with E-state index < -0.39 is 29.3 Å². The molecular weight excluding hydrogens is 595 g/mol. The normalized spacial score (nSPS) is 15.5. The highest BCUT2D eigenvalue weighted by Gasteiger charge is 2.35. The third-order valence-electron chi connectivity index (χ3n) is 5.57. The number of rotatable bonds is 6. The zero-order valence-electron chi connectivity index (χ0n) is 20.9. The van der Waals surface area contributed by atoms with Crippen LogP contribution >= 0.6 is 39.3 Å². The molecule has 1 aliphatic rings. The van der Waals surface area contributed by atoms with Gasteiger partial charge in [-0.05, 0) is 87.9 Å². The monoisotopic (exact) mass is 618 g/mol. The Hall–Kier alpha value is -2.88. The van der Waals surface area contributed by atoms with Crippen LogP contribution in [0.3, 0.4) is 0 Å². The number of anilines is 1. The topological polar surface area (TPSA) is 75.7 Å². The molecule has 0 aromatic heterocycles. The number of carbonyl (C=O) groups is 3. The molecule has 1 aliphatic heterocycles. The number of hydrogen-bond donors (Lipinski definition) is 1. The van der Waals surface area contributed by atoms with E-state index in [0.717, 1.165) is 11.0 Å². The van der Waals surface area contributed by atoms with E-state index in [0.29, 0.717) is 38.6 Å². The van der Waals surface area contributed by atoms with Crippen molar-refractivity contribution >= 4 is 62.8 Å². The molecule has 3 aromatic rings. The Morgan fingerprint density at radius 2 is 1.82 bits per heavy atom. The van der Waals surface area contributed by atoms with Gasteiger partial charge in [-0.15, -0.1) is 0 Å². The zero-order valence-corrected chi connectivity index (χ0v) is 24.0. The number of esters is 1. The minimum atomic E-state index is -0.803. The van der Waals surface area contributed by atoms with Gasteiger partial charge in [-0.2, -0.15) is 0 Å². The van der Waals surface area contributed by atoms with Gasteiger partial charge in [0, 0.05) is 31.5 Å². The third-order valence-corrected chi connectivity index (χ3v) is 7.36. The van der Waals surface area contributed by atoms with Crippen LogP contribution in [0.15, 0.2) is 74.9 Å². The van der Waals surface area contributed by atoms with Crippen molar-refractivity contribution in [1.82, 2.24) is 5.32 Å². The predicted molar refractivity (Wildman–Crippen MR) is 150 cm³/mol. The van der Waals surface area contributed by atoms with Crippen molar-refractivity contribution in [2.75, 3.05) is 11.4 Å². The Bertz CT molecular complexity index is 1390. The average molecular weight is 620 g/mol. The zero-order chi connectivity index (χ0) is 27.6. The van der Waals surface area contributed by atoms with Gasteiger partial charge in [0.25, 0.3) is 5.91 Å². The second-order valence-electron chi connectivity index (χ2n) is 9.70. The highest BCUT2D eigenvalue weighted by molar-refractivity contribution is 9.10. The van der Waals surface area contributed by atoms with E-state index >= 15 is 0 Å². The number of benzene rings is 3. The van der Waals surface area contributed by atoms with Crippen LogP contribution in [-0.2, 0) is 9.53 Å². The molecule has 6 nitrogen and oxygen atoms in total. The number of nitrogens with zero attached hydrogens (tertiary/aromatic N) is 1. The number of halogens is 3. The molecule has 1 unspecified atom stereocenters. The molecule has 0 radical (unpaired) electrons. The first kappa shape index (κ1) is 28.1. The standard InChI is InChI=1S/C28H25BrClFN2O4S/c1-28(2,3)37-27(36)16-12-17(29)14-20(13-16)33-11-10-23(26(33)35)32-25(34)22-15-19(31)6-9-24(22)38-21-7-4-18(30)5-8-21/h4-9,12-15,23H,10-11H2,1-3H3,(H,32,34). The Balaban J connectivity index is 1.51. The molecule has 3 aromatic carbocycles. The van der Waals surface area contributed by atoms with E-state index in [-0.39, 0.29) is 11.5 Å². The van der Waals surface area contributed by atoms with Crippen LogP contribution in [0.25, 0.3) is 0 Å². The van der Waals surface area contributed by atoms with Crippen LogP contribution in [0.5, 0.6) is 0 Å². The molecule has 4 rings (SSSR count). The summed E-state index contributed by atoms with van der Waals surface area (Å²) in [7, 11) is 0. The first-order chi connectivity index (χ1) is 17.9. The molecule has 0 spiro atoms. The summed E-state index contributed by atoms with van der Waals surface area (Å²) in [6.07, 6.45) is 0.355. The Labute approximate surface area is 238 Å². The molecular formula is C28H25BrClFN2O4S. The minimum absolute atomic E-state index is 0.130. The first-order valence-corrected chi connectivity index (χ1v) is 13.8. The molecule has 1 atom stereocenters. The molecule has 10 heteroatoms. The summed E-state index contributed by atoms with van der Waals surface area (Å²) >= 11 is 10.6. The molecule has 1 fully saturated rings. The van der Waals surface area contributed by atoms with E-state index in [4.69, 9.17) is 16.3 Å². The summed E-state index contributed by atoms with van der Waals surface area (Å²) in [6, 6.07) is 15.2. The van der Waals surface area contributed by atoms with Crippen LogP contribution in [0.1, 0.15) is 47.9 Å². The van der Waals surface area contributed by atoms with Crippen molar-refractivity contribution in [2.24, 2.45) is 0 Å².